The molecule has 6 nitrogen and oxygen atoms in total. The van der Waals surface area contributed by atoms with Crippen molar-refractivity contribution in [2.75, 3.05) is 0 Å². The molecule has 11 atom stereocenters. The standard InChI is InChI=1S/C29H46O6/c1-8-16(2)22-9-10-23-27-24(15-26(29(22,23)7)35-19(5)32)28(6)12-11-21(33-17(3)30)13-20(28)14-25(27)34-18(4)31/h16,20-27H,8-15H2,1-7H3/t16?,20-,21+,22+,23-,24-,25+,26-,27-,28-,29+/m0/s1. The van der Waals surface area contributed by atoms with Crippen molar-refractivity contribution in [2.24, 2.45) is 46.3 Å². The summed E-state index contributed by atoms with van der Waals surface area (Å²) >= 11 is 0. The first-order valence-corrected chi connectivity index (χ1v) is 13.9. The highest BCUT2D eigenvalue weighted by atomic mass is 16.6. The summed E-state index contributed by atoms with van der Waals surface area (Å²) in [5.74, 6) is 1.65. The van der Waals surface area contributed by atoms with Crippen LogP contribution >= 0.6 is 0 Å². The predicted molar refractivity (Wildman–Crippen MR) is 132 cm³/mol. The van der Waals surface area contributed by atoms with Crippen LogP contribution in [-0.2, 0) is 28.6 Å². The maximum Gasteiger partial charge on any atom is 0.302 e. The van der Waals surface area contributed by atoms with Crippen molar-refractivity contribution >= 4 is 17.9 Å². The summed E-state index contributed by atoms with van der Waals surface area (Å²) in [6, 6.07) is 0. The molecule has 0 aromatic rings. The third-order valence-electron chi connectivity index (χ3n) is 11.0. The molecular weight excluding hydrogens is 444 g/mol. The van der Waals surface area contributed by atoms with E-state index in [1.165, 1.54) is 20.8 Å². The lowest BCUT2D eigenvalue weighted by Crippen LogP contribution is -2.63. The van der Waals surface area contributed by atoms with Crippen LogP contribution in [0, 0.1) is 46.3 Å². The quantitative estimate of drug-likeness (QED) is 0.363. The van der Waals surface area contributed by atoms with Gasteiger partial charge in [-0.1, -0.05) is 34.1 Å². The molecule has 0 aromatic carbocycles. The van der Waals surface area contributed by atoms with Crippen LogP contribution in [0.4, 0.5) is 0 Å². The van der Waals surface area contributed by atoms with E-state index in [1.807, 2.05) is 0 Å². The van der Waals surface area contributed by atoms with E-state index in [1.54, 1.807) is 0 Å². The molecule has 0 bridgehead atoms. The zero-order valence-corrected chi connectivity index (χ0v) is 22.8. The molecule has 4 aliphatic rings. The molecule has 0 amide bonds. The SMILES string of the molecule is CCC(C)[C@H]1CC[C@H]2[C@@H]3[C@H](OC(C)=O)C[C@@H]4C[C@H](OC(C)=O)CC[C@]4(C)[C@H]3C[C@H](OC(C)=O)[C@]12C. The van der Waals surface area contributed by atoms with Gasteiger partial charge in [-0.3, -0.25) is 14.4 Å². The Labute approximate surface area is 211 Å². The molecule has 0 aliphatic heterocycles. The Hall–Kier alpha value is -1.59. The van der Waals surface area contributed by atoms with Gasteiger partial charge < -0.3 is 14.2 Å². The zero-order valence-electron chi connectivity index (χ0n) is 22.8. The molecule has 0 heterocycles. The van der Waals surface area contributed by atoms with Gasteiger partial charge in [0.1, 0.15) is 18.3 Å². The molecule has 0 saturated heterocycles. The number of hydrogen-bond acceptors (Lipinski definition) is 6. The molecule has 35 heavy (non-hydrogen) atoms. The molecule has 4 aliphatic carbocycles. The molecule has 6 heteroatoms. The Morgan fingerprint density at radius 1 is 0.857 bits per heavy atom. The van der Waals surface area contributed by atoms with Crippen molar-refractivity contribution in [2.45, 2.75) is 118 Å². The fourth-order valence-electron chi connectivity index (χ4n) is 9.40. The first kappa shape index (κ1) is 26.5. The predicted octanol–water partition coefficient (Wildman–Crippen LogP) is 5.71. The van der Waals surface area contributed by atoms with Crippen molar-refractivity contribution in [3.63, 3.8) is 0 Å². The summed E-state index contributed by atoms with van der Waals surface area (Å²) in [4.78, 5) is 36.3. The molecular formula is C29H46O6. The van der Waals surface area contributed by atoms with Gasteiger partial charge in [0.15, 0.2) is 0 Å². The number of carbonyl (C=O) groups excluding carboxylic acids is 3. The minimum Gasteiger partial charge on any atom is -0.463 e. The van der Waals surface area contributed by atoms with Crippen LogP contribution < -0.4 is 0 Å². The van der Waals surface area contributed by atoms with E-state index in [2.05, 4.69) is 27.7 Å². The second kappa shape index (κ2) is 9.70. The van der Waals surface area contributed by atoms with Gasteiger partial charge in [0.05, 0.1) is 0 Å². The maximum absolute atomic E-state index is 12.3. The topological polar surface area (TPSA) is 78.9 Å². The zero-order chi connectivity index (χ0) is 25.7. The van der Waals surface area contributed by atoms with E-state index in [9.17, 15) is 14.4 Å². The summed E-state index contributed by atoms with van der Waals surface area (Å²) in [5.41, 5.74) is -0.0645. The minimum atomic E-state index is -0.228. The molecule has 4 rings (SSSR count). The van der Waals surface area contributed by atoms with Gasteiger partial charge in [-0.2, -0.15) is 0 Å². The third kappa shape index (κ3) is 4.52. The van der Waals surface area contributed by atoms with E-state index in [0.29, 0.717) is 29.6 Å². The van der Waals surface area contributed by atoms with E-state index >= 15 is 0 Å². The Kier molecular flexibility index (Phi) is 7.34. The molecule has 1 unspecified atom stereocenters. The van der Waals surface area contributed by atoms with Crippen LogP contribution in [0.15, 0.2) is 0 Å². The molecule has 0 spiro atoms. The van der Waals surface area contributed by atoms with Crippen molar-refractivity contribution in [3.8, 4) is 0 Å². The van der Waals surface area contributed by atoms with Crippen LogP contribution in [0.5, 0.6) is 0 Å². The molecule has 4 fully saturated rings. The molecule has 4 saturated carbocycles. The second-order valence-corrected chi connectivity index (χ2v) is 12.7. The number of rotatable bonds is 5. The largest absolute Gasteiger partial charge is 0.463 e. The van der Waals surface area contributed by atoms with Crippen molar-refractivity contribution < 1.29 is 28.6 Å². The fourth-order valence-corrected chi connectivity index (χ4v) is 9.40. The van der Waals surface area contributed by atoms with Gasteiger partial charge in [-0.15, -0.1) is 0 Å². The lowest BCUT2D eigenvalue weighted by Gasteiger charge is -2.64. The van der Waals surface area contributed by atoms with Crippen molar-refractivity contribution in [1.82, 2.24) is 0 Å². The number of ether oxygens (including phenoxy) is 3. The normalized spacial score (nSPS) is 45.3. The van der Waals surface area contributed by atoms with Crippen LogP contribution in [0.3, 0.4) is 0 Å². The Morgan fingerprint density at radius 2 is 1.51 bits per heavy atom. The van der Waals surface area contributed by atoms with Gasteiger partial charge in [-0.25, -0.2) is 0 Å². The van der Waals surface area contributed by atoms with Crippen molar-refractivity contribution in [3.05, 3.63) is 0 Å². The molecule has 0 N–H and O–H groups in total. The van der Waals surface area contributed by atoms with E-state index in [-0.39, 0.29) is 53.0 Å². The Balaban J connectivity index is 1.74. The summed E-state index contributed by atoms with van der Waals surface area (Å²) in [7, 11) is 0. The monoisotopic (exact) mass is 490 g/mol. The highest BCUT2D eigenvalue weighted by Gasteiger charge is 2.67. The van der Waals surface area contributed by atoms with Gasteiger partial charge in [0.25, 0.3) is 0 Å². The van der Waals surface area contributed by atoms with Crippen molar-refractivity contribution in [1.29, 1.82) is 0 Å². The van der Waals surface area contributed by atoms with E-state index < -0.39 is 0 Å². The fraction of sp³-hybridized carbons (Fsp3) is 0.897. The smallest absolute Gasteiger partial charge is 0.302 e. The Bertz CT molecular complexity index is 839. The first-order valence-electron chi connectivity index (χ1n) is 13.9. The number of fused-ring (bicyclic) bond motifs is 5. The average molecular weight is 491 g/mol. The Morgan fingerprint density at radius 3 is 2.11 bits per heavy atom. The molecule has 198 valence electrons. The lowest BCUT2D eigenvalue weighted by molar-refractivity contribution is -0.224. The second-order valence-electron chi connectivity index (χ2n) is 12.7. The van der Waals surface area contributed by atoms with Crippen LogP contribution in [-0.4, -0.2) is 36.2 Å². The van der Waals surface area contributed by atoms with Crippen LogP contribution in [0.2, 0.25) is 0 Å². The average Bonchev–Trinajstić information content (AvgIpc) is 3.12. The summed E-state index contributed by atoms with van der Waals surface area (Å²) in [6.07, 6.45) is 7.33. The highest BCUT2D eigenvalue weighted by molar-refractivity contribution is 5.67. The van der Waals surface area contributed by atoms with E-state index in [4.69, 9.17) is 14.2 Å². The van der Waals surface area contributed by atoms with Crippen LogP contribution in [0.25, 0.3) is 0 Å². The third-order valence-corrected chi connectivity index (χ3v) is 11.0. The summed E-state index contributed by atoms with van der Waals surface area (Å²) < 4.78 is 17.9. The van der Waals surface area contributed by atoms with E-state index in [0.717, 1.165) is 51.4 Å². The summed E-state index contributed by atoms with van der Waals surface area (Å²) in [5, 5.41) is 0. The van der Waals surface area contributed by atoms with Gasteiger partial charge in [-0.05, 0) is 80.0 Å². The first-order chi connectivity index (χ1) is 16.4. The lowest BCUT2D eigenvalue weighted by atomic mass is 9.43. The number of esters is 3. The maximum atomic E-state index is 12.3. The highest BCUT2D eigenvalue weighted by Crippen LogP contribution is 2.69. The number of hydrogen-bond donors (Lipinski definition) is 0. The molecule has 0 radical (unpaired) electrons. The molecule has 0 aromatic heterocycles. The summed E-state index contributed by atoms with van der Waals surface area (Å²) in [6.45, 7) is 13.9. The van der Waals surface area contributed by atoms with Gasteiger partial charge in [0.2, 0.25) is 0 Å². The minimum absolute atomic E-state index is 0.0478. The number of carbonyl (C=O) groups is 3. The van der Waals surface area contributed by atoms with Gasteiger partial charge >= 0.3 is 17.9 Å². The van der Waals surface area contributed by atoms with Gasteiger partial charge in [0, 0.05) is 32.1 Å². The van der Waals surface area contributed by atoms with Crippen LogP contribution in [0.1, 0.15) is 99.8 Å².